The van der Waals surface area contributed by atoms with Crippen LogP contribution in [0.1, 0.15) is 52.6 Å². The lowest BCUT2D eigenvalue weighted by atomic mass is 9.89. The fourth-order valence-electron chi connectivity index (χ4n) is 3.86. The van der Waals surface area contributed by atoms with Crippen molar-refractivity contribution < 1.29 is 4.79 Å². The lowest BCUT2D eigenvalue weighted by Gasteiger charge is -2.29. The molecule has 2 aliphatic rings. The number of hydrogen-bond acceptors (Lipinski definition) is 3. The summed E-state index contributed by atoms with van der Waals surface area (Å²) in [5.41, 5.74) is 10.0. The maximum absolute atomic E-state index is 12.5. The molecule has 2 atom stereocenters. The van der Waals surface area contributed by atoms with Crippen LogP contribution in [0.4, 0.5) is 5.69 Å². The molecule has 1 saturated carbocycles. The molecule has 144 valence electrons. The number of benzene rings is 2. The number of nitrogens with zero attached hydrogens (tertiary/aromatic N) is 1. The number of anilines is 1. The third-order valence-corrected chi connectivity index (χ3v) is 5.80. The molecule has 1 amide bonds. The number of rotatable bonds is 4. The van der Waals surface area contributed by atoms with E-state index >= 15 is 0 Å². The first-order valence-electron chi connectivity index (χ1n) is 9.55. The van der Waals surface area contributed by atoms with Crippen molar-refractivity contribution in [3.63, 3.8) is 0 Å². The van der Waals surface area contributed by atoms with E-state index in [-0.39, 0.29) is 18.3 Å². The van der Waals surface area contributed by atoms with Gasteiger partial charge in [0, 0.05) is 23.2 Å². The highest BCUT2D eigenvalue weighted by atomic mass is 35.5. The molecule has 5 heteroatoms. The van der Waals surface area contributed by atoms with Crippen LogP contribution in [0.15, 0.2) is 48.5 Å². The summed E-state index contributed by atoms with van der Waals surface area (Å²) in [6.07, 6.45) is 3.45. The molecular formula is C22H28ClN3O. The van der Waals surface area contributed by atoms with Gasteiger partial charge in [0.1, 0.15) is 0 Å². The lowest BCUT2D eigenvalue weighted by molar-refractivity contribution is 0.102. The number of likely N-dealkylation sites (tertiary alicyclic amines) is 1. The Bertz CT molecular complexity index is 767. The quantitative estimate of drug-likeness (QED) is 0.836. The fourth-order valence-corrected chi connectivity index (χ4v) is 3.86. The van der Waals surface area contributed by atoms with Crippen LogP contribution in [0.2, 0.25) is 0 Å². The van der Waals surface area contributed by atoms with Crippen molar-refractivity contribution in [2.45, 2.75) is 37.1 Å². The number of carbonyl (C=O) groups excluding carboxylic acids is 1. The monoisotopic (exact) mass is 385 g/mol. The van der Waals surface area contributed by atoms with Crippen molar-refractivity contribution in [3.05, 3.63) is 65.2 Å². The molecule has 0 spiro atoms. The predicted octanol–water partition coefficient (Wildman–Crippen LogP) is 3.98. The van der Waals surface area contributed by atoms with Crippen LogP contribution in [0.3, 0.4) is 0 Å². The first kappa shape index (κ1) is 19.9. The standard InChI is InChI=1S/C22H27N3O.ClH/c1-25-12-10-16(11-13-25)15-2-4-18(5-3-15)22(26)24-19-8-6-17(7-9-19)20-14-21(20)23;/h2-9,16,20-21H,10-14,23H2,1H3,(H,24,26);1H. The highest BCUT2D eigenvalue weighted by Crippen LogP contribution is 2.39. The minimum absolute atomic E-state index is 0. The van der Waals surface area contributed by atoms with E-state index in [0.717, 1.165) is 25.2 Å². The Hall–Kier alpha value is -1.88. The minimum atomic E-state index is -0.0594. The third-order valence-electron chi connectivity index (χ3n) is 5.80. The topological polar surface area (TPSA) is 58.4 Å². The van der Waals surface area contributed by atoms with Crippen LogP contribution in [0.5, 0.6) is 0 Å². The van der Waals surface area contributed by atoms with Gasteiger partial charge < -0.3 is 16.0 Å². The molecule has 2 unspecified atom stereocenters. The van der Waals surface area contributed by atoms with Gasteiger partial charge in [-0.2, -0.15) is 0 Å². The third kappa shape index (κ3) is 4.70. The van der Waals surface area contributed by atoms with Gasteiger partial charge in [0.2, 0.25) is 0 Å². The molecule has 3 N–H and O–H groups in total. The fraction of sp³-hybridized carbons (Fsp3) is 0.409. The van der Waals surface area contributed by atoms with Gasteiger partial charge in [0.15, 0.2) is 0 Å². The number of nitrogens with two attached hydrogens (primary N) is 1. The van der Waals surface area contributed by atoms with Crippen LogP contribution >= 0.6 is 12.4 Å². The average molecular weight is 386 g/mol. The van der Waals surface area contributed by atoms with Gasteiger partial charge in [-0.3, -0.25) is 4.79 Å². The predicted molar refractivity (Wildman–Crippen MR) is 113 cm³/mol. The smallest absolute Gasteiger partial charge is 0.255 e. The summed E-state index contributed by atoms with van der Waals surface area (Å²) in [6, 6.07) is 16.5. The van der Waals surface area contributed by atoms with Crippen LogP contribution in [-0.2, 0) is 0 Å². The van der Waals surface area contributed by atoms with E-state index in [1.807, 2.05) is 24.3 Å². The van der Waals surface area contributed by atoms with E-state index < -0.39 is 0 Å². The van der Waals surface area contributed by atoms with E-state index in [0.29, 0.717) is 23.4 Å². The van der Waals surface area contributed by atoms with E-state index in [1.165, 1.54) is 24.0 Å². The number of amides is 1. The molecule has 1 heterocycles. The molecule has 0 bridgehead atoms. The molecule has 4 nitrogen and oxygen atoms in total. The molecule has 1 aliphatic carbocycles. The summed E-state index contributed by atoms with van der Waals surface area (Å²) in [7, 11) is 2.18. The largest absolute Gasteiger partial charge is 0.327 e. The SMILES string of the molecule is CN1CCC(c2ccc(C(=O)Nc3ccc(C4CC4N)cc3)cc2)CC1.Cl. The van der Waals surface area contributed by atoms with Crippen molar-refractivity contribution >= 4 is 24.0 Å². The maximum Gasteiger partial charge on any atom is 0.255 e. The summed E-state index contributed by atoms with van der Waals surface area (Å²) in [5.74, 6) is 1.05. The van der Waals surface area contributed by atoms with Gasteiger partial charge in [-0.05, 0) is 80.7 Å². The van der Waals surface area contributed by atoms with Gasteiger partial charge in [-0.1, -0.05) is 24.3 Å². The maximum atomic E-state index is 12.5. The average Bonchev–Trinajstić information content (AvgIpc) is 3.40. The number of hydrogen-bond donors (Lipinski definition) is 2. The zero-order chi connectivity index (χ0) is 18.1. The van der Waals surface area contributed by atoms with Gasteiger partial charge in [0.25, 0.3) is 5.91 Å². The zero-order valence-corrected chi connectivity index (χ0v) is 16.5. The number of nitrogens with one attached hydrogen (secondary N) is 1. The summed E-state index contributed by atoms with van der Waals surface area (Å²) in [4.78, 5) is 14.9. The Labute approximate surface area is 167 Å². The van der Waals surface area contributed by atoms with Crippen LogP contribution in [0.25, 0.3) is 0 Å². The summed E-state index contributed by atoms with van der Waals surface area (Å²) in [5, 5.41) is 2.98. The Kier molecular flexibility index (Phi) is 6.20. The summed E-state index contributed by atoms with van der Waals surface area (Å²) < 4.78 is 0. The molecule has 4 rings (SSSR count). The van der Waals surface area contributed by atoms with Gasteiger partial charge in [-0.25, -0.2) is 0 Å². The van der Waals surface area contributed by atoms with Crippen molar-refractivity contribution in [2.75, 3.05) is 25.5 Å². The Morgan fingerprint density at radius 1 is 1.00 bits per heavy atom. The van der Waals surface area contributed by atoms with Gasteiger partial charge in [-0.15, -0.1) is 12.4 Å². The molecule has 0 radical (unpaired) electrons. The molecule has 2 aromatic carbocycles. The van der Waals surface area contributed by atoms with E-state index in [4.69, 9.17) is 5.73 Å². The zero-order valence-electron chi connectivity index (χ0n) is 15.7. The number of carbonyl (C=O) groups is 1. The molecule has 2 fully saturated rings. The molecule has 1 saturated heterocycles. The van der Waals surface area contributed by atoms with E-state index in [2.05, 4.69) is 41.5 Å². The van der Waals surface area contributed by atoms with Gasteiger partial charge in [0.05, 0.1) is 0 Å². The summed E-state index contributed by atoms with van der Waals surface area (Å²) in [6.45, 7) is 2.29. The first-order valence-corrected chi connectivity index (χ1v) is 9.55. The number of halogens is 1. The van der Waals surface area contributed by atoms with Gasteiger partial charge >= 0.3 is 0 Å². The van der Waals surface area contributed by atoms with Crippen molar-refractivity contribution in [1.82, 2.24) is 4.90 Å². The Balaban J connectivity index is 0.00000210. The molecule has 27 heavy (non-hydrogen) atoms. The van der Waals surface area contributed by atoms with Crippen LogP contribution in [0, 0.1) is 0 Å². The second kappa shape index (κ2) is 8.42. The second-order valence-corrected chi connectivity index (χ2v) is 7.78. The molecule has 1 aliphatic heterocycles. The number of piperidine rings is 1. The highest BCUT2D eigenvalue weighted by Gasteiger charge is 2.34. The highest BCUT2D eigenvalue weighted by molar-refractivity contribution is 6.04. The lowest BCUT2D eigenvalue weighted by Crippen LogP contribution is -2.29. The molecular weight excluding hydrogens is 358 g/mol. The Morgan fingerprint density at radius 2 is 1.56 bits per heavy atom. The van der Waals surface area contributed by atoms with Crippen LogP contribution in [-0.4, -0.2) is 37.0 Å². The first-order chi connectivity index (χ1) is 12.6. The van der Waals surface area contributed by atoms with Crippen molar-refractivity contribution in [3.8, 4) is 0 Å². The van der Waals surface area contributed by atoms with Crippen LogP contribution < -0.4 is 11.1 Å². The molecule has 0 aromatic heterocycles. The second-order valence-electron chi connectivity index (χ2n) is 7.78. The Morgan fingerprint density at radius 3 is 2.11 bits per heavy atom. The van der Waals surface area contributed by atoms with Crippen molar-refractivity contribution in [1.29, 1.82) is 0 Å². The van der Waals surface area contributed by atoms with E-state index in [9.17, 15) is 4.79 Å². The molecule has 2 aromatic rings. The van der Waals surface area contributed by atoms with E-state index in [1.54, 1.807) is 0 Å². The van der Waals surface area contributed by atoms with Crippen molar-refractivity contribution in [2.24, 2.45) is 5.73 Å². The summed E-state index contributed by atoms with van der Waals surface area (Å²) >= 11 is 0. The normalized spacial score (nSPS) is 22.7. The minimum Gasteiger partial charge on any atom is -0.327 e.